The molecule has 1 amide bonds. The van der Waals surface area contributed by atoms with Gasteiger partial charge in [0.25, 0.3) is 5.82 Å². The van der Waals surface area contributed by atoms with Crippen LogP contribution in [0.3, 0.4) is 0 Å². The molecule has 2 N–H and O–H groups in total. The molecule has 7 heteroatoms. The lowest BCUT2D eigenvalue weighted by molar-refractivity contribution is -0.128. The van der Waals surface area contributed by atoms with Crippen molar-refractivity contribution in [2.24, 2.45) is 17.3 Å². The van der Waals surface area contributed by atoms with Gasteiger partial charge in [-0.15, -0.1) is 5.10 Å². The Hall–Kier alpha value is -1.92. The van der Waals surface area contributed by atoms with Crippen molar-refractivity contribution in [2.45, 2.75) is 53.5 Å². The second-order valence-electron chi connectivity index (χ2n) is 7.15. The van der Waals surface area contributed by atoms with E-state index < -0.39 is 5.97 Å². The van der Waals surface area contributed by atoms with Crippen LogP contribution in [0.1, 0.15) is 63.4 Å². The van der Waals surface area contributed by atoms with Crippen molar-refractivity contribution in [1.82, 2.24) is 20.5 Å². The Morgan fingerprint density at radius 2 is 2.13 bits per heavy atom. The molecule has 0 aliphatic heterocycles. The molecule has 7 nitrogen and oxygen atoms in total. The molecule has 2 unspecified atom stereocenters. The van der Waals surface area contributed by atoms with Gasteiger partial charge in [-0.3, -0.25) is 9.89 Å². The number of nitrogens with zero attached hydrogens (tertiary/aromatic N) is 2. The number of H-pyrrole nitrogens is 1. The molecule has 0 saturated heterocycles. The fourth-order valence-corrected chi connectivity index (χ4v) is 3.52. The van der Waals surface area contributed by atoms with Crippen LogP contribution in [0.4, 0.5) is 0 Å². The standard InChI is InChI=1S/C16H26N4O3/c1-5-23-15(22)13-18-12(19-20-13)9-17-14(21)11-6-10(2)7-16(3,4)8-11/h10-11H,5-9H2,1-4H3,(H,17,21)(H,18,19,20). The van der Waals surface area contributed by atoms with Crippen LogP contribution in [0.15, 0.2) is 0 Å². The molecule has 0 spiro atoms. The summed E-state index contributed by atoms with van der Waals surface area (Å²) in [4.78, 5) is 27.9. The highest BCUT2D eigenvalue weighted by atomic mass is 16.5. The van der Waals surface area contributed by atoms with Gasteiger partial charge in [-0.2, -0.15) is 0 Å². The molecule has 0 bridgehead atoms. The summed E-state index contributed by atoms with van der Waals surface area (Å²) in [6.07, 6.45) is 2.97. The maximum absolute atomic E-state index is 12.4. The minimum Gasteiger partial charge on any atom is -0.460 e. The Balaban J connectivity index is 1.88. The molecule has 1 saturated carbocycles. The molecule has 2 atom stereocenters. The fraction of sp³-hybridized carbons (Fsp3) is 0.750. The number of carbonyl (C=O) groups excluding carboxylic acids is 2. The molecule has 1 aliphatic carbocycles. The van der Waals surface area contributed by atoms with Crippen molar-refractivity contribution < 1.29 is 14.3 Å². The van der Waals surface area contributed by atoms with Crippen molar-refractivity contribution in [3.63, 3.8) is 0 Å². The number of hydrogen-bond donors (Lipinski definition) is 2. The van der Waals surface area contributed by atoms with E-state index in [0.29, 0.717) is 11.7 Å². The largest absolute Gasteiger partial charge is 0.460 e. The molecule has 1 heterocycles. The molecule has 1 aromatic heterocycles. The third-order valence-electron chi connectivity index (χ3n) is 4.18. The first-order chi connectivity index (χ1) is 10.8. The van der Waals surface area contributed by atoms with Crippen LogP contribution in [0.25, 0.3) is 0 Å². The summed E-state index contributed by atoms with van der Waals surface area (Å²) in [5.41, 5.74) is 0.197. The molecule has 0 aromatic carbocycles. The molecular formula is C16H26N4O3. The number of hydrogen-bond acceptors (Lipinski definition) is 5. The van der Waals surface area contributed by atoms with Gasteiger partial charge >= 0.3 is 5.97 Å². The first kappa shape index (κ1) is 17.4. The third kappa shape index (κ3) is 4.77. The van der Waals surface area contributed by atoms with Crippen LogP contribution in [-0.2, 0) is 16.1 Å². The number of esters is 1. The summed E-state index contributed by atoms with van der Waals surface area (Å²) in [5, 5.41) is 9.34. The zero-order valence-electron chi connectivity index (χ0n) is 14.3. The Morgan fingerprint density at radius 1 is 1.39 bits per heavy atom. The number of aromatic nitrogens is 3. The highest BCUT2D eigenvalue weighted by Crippen LogP contribution is 2.41. The molecule has 0 radical (unpaired) electrons. The van der Waals surface area contributed by atoms with E-state index in [1.807, 2.05) is 0 Å². The minimum atomic E-state index is -0.566. The summed E-state index contributed by atoms with van der Waals surface area (Å²) >= 11 is 0. The number of carbonyl (C=O) groups is 2. The highest BCUT2D eigenvalue weighted by molar-refractivity contribution is 5.85. The maximum atomic E-state index is 12.4. The molecule has 1 aromatic rings. The first-order valence-electron chi connectivity index (χ1n) is 8.17. The van der Waals surface area contributed by atoms with Gasteiger partial charge in [0.1, 0.15) is 5.82 Å². The fourth-order valence-electron chi connectivity index (χ4n) is 3.52. The molecule has 1 fully saturated rings. The number of ether oxygens (including phenoxy) is 1. The van der Waals surface area contributed by atoms with E-state index in [1.54, 1.807) is 6.92 Å². The van der Waals surface area contributed by atoms with Gasteiger partial charge in [-0.05, 0) is 37.5 Å². The number of aromatic amines is 1. The van der Waals surface area contributed by atoms with Gasteiger partial charge in [-0.1, -0.05) is 20.8 Å². The van der Waals surface area contributed by atoms with E-state index in [-0.39, 0.29) is 36.2 Å². The second-order valence-corrected chi connectivity index (χ2v) is 7.15. The van der Waals surface area contributed by atoms with Crippen LogP contribution in [-0.4, -0.2) is 33.7 Å². The normalized spacial score (nSPS) is 23.3. The average molecular weight is 322 g/mol. The van der Waals surface area contributed by atoms with Crippen LogP contribution in [0, 0.1) is 17.3 Å². The number of amides is 1. The summed E-state index contributed by atoms with van der Waals surface area (Å²) < 4.78 is 4.83. The summed E-state index contributed by atoms with van der Waals surface area (Å²) in [7, 11) is 0. The van der Waals surface area contributed by atoms with Crippen molar-refractivity contribution in [3.8, 4) is 0 Å². The molecule has 23 heavy (non-hydrogen) atoms. The van der Waals surface area contributed by atoms with Gasteiger partial charge < -0.3 is 10.1 Å². The monoisotopic (exact) mass is 322 g/mol. The SMILES string of the molecule is CCOC(=O)c1n[nH]c(CNC(=O)C2CC(C)CC(C)(C)C2)n1. The summed E-state index contributed by atoms with van der Waals surface area (Å²) in [6, 6.07) is 0. The zero-order chi connectivity index (χ0) is 17.0. The van der Waals surface area contributed by atoms with E-state index in [4.69, 9.17) is 4.74 Å². The summed E-state index contributed by atoms with van der Waals surface area (Å²) in [5.74, 6) is 0.493. The van der Waals surface area contributed by atoms with Gasteiger partial charge in [0.2, 0.25) is 5.91 Å². The van der Waals surface area contributed by atoms with Crippen molar-refractivity contribution in [2.75, 3.05) is 6.61 Å². The first-order valence-corrected chi connectivity index (χ1v) is 8.17. The van der Waals surface area contributed by atoms with E-state index in [9.17, 15) is 9.59 Å². The maximum Gasteiger partial charge on any atom is 0.378 e. The predicted octanol–water partition coefficient (Wildman–Crippen LogP) is 2.06. The molecular weight excluding hydrogens is 296 g/mol. The van der Waals surface area contributed by atoms with Gasteiger partial charge in [0.05, 0.1) is 13.2 Å². The zero-order valence-corrected chi connectivity index (χ0v) is 14.3. The predicted molar refractivity (Wildman–Crippen MR) is 84.5 cm³/mol. The van der Waals surface area contributed by atoms with Crippen LogP contribution < -0.4 is 5.32 Å². The van der Waals surface area contributed by atoms with Crippen LogP contribution >= 0.6 is 0 Å². The Morgan fingerprint density at radius 3 is 2.78 bits per heavy atom. The van der Waals surface area contributed by atoms with Crippen LogP contribution in [0.5, 0.6) is 0 Å². The molecule has 128 valence electrons. The Labute approximate surface area is 136 Å². The van der Waals surface area contributed by atoms with Crippen molar-refractivity contribution >= 4 is 11.9 Å². The van der Waals surface area contributed by atoms with E-state index >= 15 is 0 Å². The van der Waals surface area contributed by atoms with Gasteiger partial charge in [0, 0.05) is 5.92 Å². The van der Waals surface area contributed by atoms with E-state index in [2.05, 4.69) is 41.3 Å². The Bertz CT molecular complexity index is 567. The van der Waals surface area contributed by atoms with Crippen molar-refractivity contribution in [3.05, 3.63) is 11.6 Å². The average Bonchev–Trinajstić information content (AvgIpc) is 2.91. The molecule has 2 rings (SSSR count). The van der Waals surface area contributed by atoms with Gasteiger partial charge in [-0.25, -0.2) is 9.78 Å². The summed E-state index contributed by atoms with van der Waals surface area (Å²) in [6.45, 7) is 8.85. The van der Waals surface area contributed by atoms with E-state index in [0.717, 1.165) is 19.3 Å². The van der Waals surface area contributed by atoms with Crippen molar-refractivity contribution in [1.29, 1.82) is 0 Å². The quantitative estimate of drug-likeness (QED) is 0.809. The second kappa shape index (κ2) is 7.10. The lowest BCUT2D eigenvalue weighted by Gasteiger charge is -2.38. The van der Waals surface area contributed by atoms with E-state index in [1.165, 1.54) is 0 Å². The lowest BCUT2D eigenvalue weighted by atomic mass is 9.68. The van der Waals surface area contributed by atoms with Gasteiger partial charge in [0.15, 0.2) is 0 Å². The van der Waals surface area contributed by atoms with Crippen LogP contribution in [0.2, 0.25) is 0 Å². The molecule has 1 aliphatic rings. The highest BCUT2D eigenvalue weighted by Gasteiger charge is 2.35. The minimum absolute atomic E-state index is 0.0106. The number of rotatable bonds is 5. The number of nitrogens with one attached hydrogen (secondary N) is 2. The lowest BCUT2D eigenvalue weighted by Crippen LogP contribution is -2.38. The third-order valence-corrected chi connectivity index (χ3v) is 4.18. The Kier molecular flexibility index (Phi) is 5.38. The smallest absolute Gasteiger partial charge is 0.378 e. The topological polar surface area (TPSA) is 97.0 Å².